The Bertz CT molecular complexity index is 405. The topological polar surface area (TPSA) is 73.3 Å². The molecule has 0 aromatic rings. The van der Waals surface area contributed by atoms with E-state index in [1.165, 1.54) is 0 Å². The van der Waals surface area contributed by atoms with Crippen molar-refractivity contribution in [3.8, 4) is 0 Å². The molecule has 0 aromatic carbocycles. The number of carboxylic acid groups (broad SMARTS) is 1. The number of carbonyl (C=O) groups is 2. The van der Waals surface area contributed by atoms with Gasteiger partial charge >= 0.3 is 5.97 Å². The van der Waals surface area contributed by atoms with Crippen LogP contribution in [0.1, 0.15) is 13.8 Å². The molecule has 7 nitrogen and oxygen atoms in total. The lowest BCUT2D eigenvalue weighted by Gasteiger charge is -2.42. The molecular formula is C14H25N3O4. The molecule has 21 heavy (non-hydrogen) atoms. The fourth-order valence-electron chi connectivity index (χ4n) is 2.78. The molecule has 2 aliphatic rings. The van der Waals surface area contributed by atoms with Gasteiger partial charge in [-0.3, -0.25) is 14.5 Å². The summed E-state index contributed by atoms with van der Waals surface area (Å²) < 4.78 is 5.56. The van der Waals surface area contributed by atoms with E-state index >= 15 is 0 Å². The molecule has 2 rings (SSSR count). The Morgan fingerprint density at radius 3 is 2.43 bits per heavy atom. The normalized spacial score (nSPS) is 27.6. The van der Waals surface area contributed by atoms with E-state index in [1.807, 2.05) is 25.8 Å². The van der Waals surface area contributed by atoms with Crippen molar-refractivity contribution in [2.24, 2.45) is 0 Å². The largest absolute Gasteiger partial charge is 0.480 e. The maximum atomic E-state index is 12.4. The van der Waals surface area contributed by atoms with E-state index in [9.17, 15) is 14.7 Å². The van der Waals surface area contributed by atoms with Crippen LogP contribution >= 0.6 is 0 Å². The third-order valence-electron chi connectivity index (χ3n) is 4.14. The summed E-state index contributed by atoms with van der Waals surface area (Å²) in [7, 11) is 2.03. The monoisotopic (exact) mass is 299 g/mol. The lowest BCUT2D eigenvalue weighted by Crippen LogP contribution is -2.60. The summed E-state index contributed by atoms with van der Waals surface area (Å²) in [4.78, 5) is 29.4. The molecule has 0 aromatic heterocycles. The molecule has 0 aliphatic carbocycles. The number of hydrogen-bond donors (Lipinski definition) is 1. The van der Waals surface area contributed by atoms with Crippen molar-refractivity contribution in [3.63, 3.8) is 0 Å². The van der Waals surface area contributed by atoms with Crippen molar-refractivity contribution in [3.05, 3.63) is 0 Å². The van der Waals surface area contributed by atoms with E-state index in [2.05, 4.69) is 4.90 Å². The zero-order valence-electron chi connectivity index (χ0n) is 13.0. The van der Waals surface area contributed by atoms with Gasteiger partial charge in [0.1, 0.15) is 6.04 Å². The Balaban J connectivity index is 1.97. The van der Waals surface area contributed by atoms with E-state index < -0.39 is 17.6 Å². The number of hydrogen-bond acceptors (Lipinski definition) is 5. The van der Waals surface area contributed by atoms with Gasteiger partial charge in [-0.2, -0.15) is 0 Å². The summed E-state index contributed by atoms with van der Waals surface area (Å²) in [5, 5.41) is 9.28. The van der Waals surface area contributed by atoms with Gasteiger partial charge in [0.05, 0.1) is 18.8 Å². The van der Waals surface area contributed by atoms with Gasteiger partial charge in [-0.1, -0.05) is 0 Å². The number of nitrogens with zero attached hydrogens (tertiary/aromatic N) is 3. The molecule has 0 saturated carbocycles. The van der Waals surface area contributed by atoms with Crippen molar-refractivity contribution >= 4 is 11.9 Å². The first-order valence-electron chi connectivity index (χ1n) is 7.36. The van der Waals surface area contributed by atoms with Gasteiger partial charge < -0.3 is 19.6 Å². The highest BCUT2D eigenvalue weighted by atomic mass is 16.5. The van der Waals surface area contributed by atoms with Crippen molar-refractivity contribution in [1.82, 2.24) is 14.7 Å². The lowest BCUT2D eigenvalue weighted by atomic mass is 10.0. The molecule has 0 spiro atoms. The minimum Gasteiger partial charge on any atom is -0.480 e. The predicted molar refractivity (Wildman–Crippen MR) is 77.1 cm³/mol. The summed E-state index contributed by atoms with van der Waals surface area (Å²) in [6.45, 7) is 7.69. The van der Waals surface area contributed by atoms with Crippen LogP contribution in [-0.4, -0.2) is 96.2 Å². The van der Waals surface area contributed by atoms with Crippen LogP contribution in [0.2, 0.25) is 0 Å². The van der Waals surface area contributed by atoms with Crippen molar-refractivity contribution in [2.75, 3.05) is 52.9 Å². The van der Waals surface area contributed by atoms with Gasteiger partial charge in [0.2, 0.25) is 5.91 Å². The second-order valence-electron chi connectivity index (χ2n) is 6.51. The van der Waals surface area contributed by atoms with E-state index in [0.717, 1.165) is 13.1 Å². The third kappa shape index (κ3) is 4.15. The van der Waals surface area contributed by atoms with Crippen LogP contribution < -0.4 is 0 Å². The lowest BCUT2D eigenvalue weighted by molar-refractivity contribution is -0.164. The molecule has 2 saturated heterocycles. The molecule has 0 bridgehead atoms. The van der Waals surface area contributed by atoms with Crippen molar-refractivity contribution in [2.45, 2.75) is 25.5 Å². The maximum absolute atomic E-state index is 12.4. The number of amides is 1. The minimum atomic E-state index is -0.934. The highest BCUT2D eigenvalue weighted by Gasteiger charge is 2.39. The second kappa shape index (κ2) is 6.29. The van der Waals surface area contributed by atoms with Crippen LogP contribution in [0.15, 0.2) is 0 Å². The number of aliphatic carboxylic acids is 1. The van der Waals surface area contributed by atoms with E-state index in [-0.39, 0.29) is 19.1 Å². The van der Waals surface area contributed by atoms with Gasteiger partial charge in [-0.15, -0.1) is 0 Å². The number of carbonyl (C=O) groups excluding carboxylic acids is 1. The van der Waals surface area contributed by atoms with Crippen LogP contribution in [0.5, 0.6) is 0 Å². The van der Waals surface area contributed by atoms with Crippen molar-refractivity contribution in [1.29, 1.82) is 0 Å². The molecule has 0 radical (unpaired) electrons. The molecule has 2 heterocycles. The average molecular weight is 299 g/mol. The number of rotatable bonds is 3. The van der Waals surface area contributed by atoms with Crippen LogP contribution in [0.4, 0.5) is 0 Å². The Labute approximate surface area is 125 Å². The van der Waals surface area contributed by atoms with Crippen LogP contribution in [0.25, 0.3) is 0 Å². The van der Waals surface area contributed by atoms with Crippen LogP contribution in [0, 0.1) is 0 Å². The highest BCUT2D eigenvalue weighted by molar-refractivity contribution is 5.80. The fourth-order valence-corrected chi connectivity index (χ4v) is 2.78. The first-order chi connectivity index (χ1) is 9.78. The molecule has 1 amide bonds. The molecule has 2 aliphatic heterocycles. The second-order valence-corrected chi connectivity index (χ2v) is 6.51. The van der Waals surface area contributed by atoms with Gasteiger partial charge in [0.25, 0.3) is 0 Å². The number of piperazine rings is 1. The Morgan fingerprint density at radius 2 is 1.86 bits per heavy atom. The van der Waals surface area contributed by atoms with Gasteiger partial charge in [0.15, 0.2) is 0 Å². The predicted octanol–water partition coefficient (Wildman–Crippen LogP) is -0.676. The first kappa shape index (κ1) is 16.2. The number of morpholine rings is 1. The standard InChI is InChI=1S/C14H25N3O4/c1-14(2)10-17(11(9-21-14)13(19)20)8-12(18)16-6-4-15(3)5-7-16/h11H,4-10H2,1-3H3,(H,19,20). The zero-order valence-corrected chi connectivity index (χ0v) is 13.0. The molecule has 2 fully saturated rings. The summed E-state index contributed by atoms with van der Waals surface area (Å²) in [6.07, 6.45) is 0. The van der Waals surface area contributed by atoms with E-state index in [4.69, 9.17) is 4.74 Å². The number of likely N-dealkylation sites (N-methyl/N-ethyl adjacent to an activating group) is 1. The number of ether oxygens (including phenoxy) is 1. The SMILES string of the molecule is CN1CCN(C(=O)CN2CC(C)(C)OCC2C(=O)O)CC1. The zero-order chi connectivity index (χ0) is 15.6. The summed E-state index contributed by atoms with van der Waals surface area (Å²) in [6, 6.07) is -0.741. The van der Waals surface area contributed by atoms with Gasteiger partial charge in [-0.25, -0.2) is 0 Å². The van der Waals surface area contributed by atoms with E-state index in [0.29, 0.717) is 19.6 Å². The molecule has 120 valence electrons. The number of carboxylic acids is 1. The first-order valence-corrected chi connectivity index (χ1v) is 7.36. The quantitative estimate of drug-likeness (QED) is 0.745. The Hall–Kier alpha value is -1.18. The third-order valence-corrected chi connectivity index (χ3v) is 4.14. The Kier molecular flexibility index (Phi) is 4.85. The minimum absolute atomic E-state index is 0.00653. The van der Waals surface area contributed by atoms with Crippen LogP contribution in [-0.2, 0) is 14.3 Å². The summed E-state index contributed by atoms with van der Waals surface area (Å²) in [5.74, 6) is -0.927. The summed E-state index contributed by atoms with van der Waals surface area (Å²) >= 11 is 0. The molecule has 7 heteroatoms. The van der Waals surface area contributed by atoms with E-state index in [1.54, 1.807) is 4.90 Å². The molecular weight excluding hydrogens is 274 g/mol. The maximum Gasteiger partial charge on any atom is 0.323 e. The molecule has 1 atom stereocenters. The molecule has 1 unspecified atom stereocenters. The Morgan fingerprint density at radius 1 is 1.24 bits per heavy atom. The summed E-state index contributed by atoms with van der Waals surface area (Å²) in [5.41, 5.74) is -0.422. The smallest absolute Gasteiger partial charge is 0.323 e. The average Bonchev–Trinajstić information content (AvgIpc) is 2.38. The van der Waals surface area contributed by atoms with Crippen molar-refractivity contribution < 1.29 is 19.4 Å². The van der Waals surface area contributed by atoms with Crippen LogP contribution in [0.3, 0.4) is 0 Å². The molecule has 1 N–H and O–H groups in total. The van der Waals surface area contributed by atoms with Gasteiger partial charge in [0, 0.05) is 32.7 Å². The highest BCUT2D eigenvalue weighted by Crippen LogP contribution is 2.21. The fraction of sp³-hybridized carbons (Fsp3) is 0.857. The van der Waals surface area contributed by atoms with Gasteiger partial charge in [-0.05, 0) is 20.9 Å².